The van der Waals surface area contributed by atoms with Gasteiger partial charge in [0.05, 0.1) is 0 Å². The van der Waals surface area contributed by atoms with E-state index in [4.69, 9.17) is 0 Å². The van der Waals surface area contributed by atoms with Gasteiger partial charge in [-0.3, -0.25) is 4.79 Å². The van der Waals surface area contributed by atoms with Gasteiger partial charge in [-0.15, -0.1) is 0 Å². The van der Waals surface area contributed by atoms with Crippen LogP contribution in [-0.2, 0) is 11.8 Å². The smallest absolute Gasteiger partial charge is 0.251 e. The van der Waals surface area contributed by atoms with E-state index >= 15 is 0 Å². The second-order valence-electron chi connectivity index (χ2n) is 4.90. The van der Waals surface area contributed by atoms with Gasteiger partial charge in [-0.2, -0.15) is 0 Å². The topological polar surface area (TPSA) is 34.0 Å². The highest BCUT2D eigenvalue weighted by molar-refractivity contribution is 6.00. The van der Waals surface area contributed by atoms with Crippen molar-refractivity contribution in [1.82, 2.24) is 9.88 Å². The third-order valence-electron chi connectivity index (χ3n) is 3.74. The average Bonchev–Trinajstić information content (AvgIpc) is 2.72. The third kappa shape index (κ3) is 1.90. The second kappa shape index (κ2) is 4.48. The quantitative estimate of drug-likeness (QED) is 0.852. The molecule has 3 nitrogen and oxygen atoms in total. The standard InChI is InChI=1S/C15H20N2O/c1-6-12-11(4)15(18)16-13(12)7-14-10(3)9(2)8-17(14)5/h7-8H,6H2,1-5H3,(H,16,18)/b13-7-. The van der Waals surface area contributed by atoms with Gasteiger partial charge in [-0.1, -0.05) is 6.92 Å². The number of aromatic nitrogens is 1. The maximum Gasteiger partial charge on any atom is 0.251 e. The van der Waals surface area contributed by atoms with Gasteiger partial charge >= 0.3 is 0 Å². The van der Waals surface area contributed by atoms with Crippen LogP contribution >= 0.6 is 0 Å². The van der Waals surface area contributed by atoms with Gasteiger partial charge in [-0.25, -0.2) is 0 Å². The lowest BCUT2D eigenvalue weighted by Crippen LogP contribution is -2.15. The Morgan fingerprint density at radius 1 is 1.33 bits per heavy atom. The van der Waals surface area contributed by atoms with Crippen LogP contribution in [0.3, 0.4) is 0 Å². The first-order valence-electron chi connectivity index (χ1n) is 6.31. The van der Waals surface area contributed by atoms with Crippen LogP contribution in [0.15, 0.2) is 23.0 Å². The first-order valence-corrected chi connectivity index (χ1v) is 6.31. The van der Waals surface area contributed by atoms with Gasteiger partial charge in [0, 0.05) is 30.2 Å². The van der Waals surface area contributed by atoms with Crippen molar-refractivity contribution in [3.63, 3.8) is 0 Å². The Morgan fingerprint density at radius 3 is 2.50 bits per heavy atom. The molecule has 0 saturated heterocycles. The van der Waals surface area contributed by atoms with Crippen LogP contribution in [-0.4, -0.2) is 10.5 Å². The molecule has 18 heavy (non-hydrogen) atoms. The van der Waals surface area contributed by atoms with Gasteiger partial charge in [0.25, 0.3) is 5.91 Å². The zero-order valence-corrected chi connectivity index (χ0v) is 11.7. The summed E-state index contributed by atoms with van der Waals surface area (Å²) in [6.07, 6.45) is 5.06. The molecule has 3 heteroatoms. The predicted octanol–water partition coefficient (Wildman–Crippen LogP) is 2.84. The number of hydrogen-bond donors (Lipinski definition) is 1. The molecule has 96 valence electrons. The van der Waals surface area contributed by atoms with E-state index in [0.717, 1.165) is 29.0 Å². The van der Waals surface area contributed by atoms with Crippen molar-refractivity contribution in [2.75, 3.05) is 0 Å². The minimum Gasteiger partial charge on any atom is -0.350 e. The van der Waals surface area contributed by atoms with E-state index in [1.165, 1.54) is 11.1 Å². The molecule has 0 unspecified atom stereocenters. The minimum absolute atomic E-state index is 0.0293. The van der Waals surface area contributed by atoms with Gasteiger partial charge < -0.3 is 9.88 Å². The highest BCUT2D eigenvalue weighted by Gasteiger charge is 2.22. The molecule has 0 aromatic carbocycles. The average molecular weight is 244 g/mol. The Morgan fingerprint density at radius 2 is 2.00 bits per heavy atom. The molecule has 2 rings (SSSR count). The highest BCUT2D eigenvalue weighted by atomic mass is 16.1. The Balaban J connectivity index is 2.50. The summed E-state index contributed by atoms with van der Waals surface area (Å²) in [5.41, 5.74) is 6.60. The molecule has 0 aliphatic carbocycles. The minimum atomic E-state index is 0.0293. The molecule has 1 aromatic heterocycles. The number of nitrogens with zero attached hydrogens (tertiary/aromatic N) is 1. The molecule has 1 aliphatic heterocycles. The first-order chi connectivity index (χ1) is 8.45. The summed E-state index contributed by atoms with van der Waals surface area (Å²) in [5, 5.41) is 2.95. The number of allylic oxidation sites excluding steroid dienone is 1. The van der Waals surface area contributed by atoms with E-state index in [9.17, 15) is 4.79 Å². The van der Waals surface area contributed by atoms with Crippen molar-refractivity contribution in [2.45, 2.75) is 34.1 Å². The lowest BCUT2D eigenvalue weighted by Gasteiger charge is -2.05. The van der Waals surface area contributed by atoms with E-state index in [0.29, 0.717) is 0 Å². The van der Waals surface area contributed by atoms with Crippen LogP contribution in [0.25, 0.3) is 6.08 Å². The molecule has 2 heterocycles. The maximum atomic E-state index is 11.7. The number of carbonyl (C=O) groups is 1. The van der Waals surface area contributed by atoms with Crippen LogP contribution in [0.5, 0.6) is 0 Å². The molecule has 0 radical (unpaired) electrons. The number of nitrogens with one attached hydrogen (secondary N) is 1. The number of amides is 1. The van der Waals surface area contributed by atoms with Crippen LogP contribution in [0, 0.1) is 13.8 Å². The van der Waals surface area contributed by atoms with E-state index in [1.807, 2.05) is 14.0 Å². The summed E-state index contributed by atoms with van der Waals surface area (Å²) >= 11 is 0. The fourth-order valence-corrected chi connectivity index (χ4v) is 2.48. The van der Waals surface area contributed by atoms with Crippen molar-refractivity contribution < 1.29 is 4.79 Å². The van der Waals surface area contributed by atoms with Crippen molar-refractivity contribution in [3.05, 3.63) is 39.9 Å². The second-order valence-corrected chi connectivity index (χ2v) is 4.90. The molecule has 0 saturated carbocycles. The summed E-state index contributed by atoms with van der Waals surface area (Å²) in [4.78, 5) is 11.7. The lowest BCUT2D eigenvalue weighted by atomic mass is 10.1. The maximum absolute atomic E-state index is 11.7. The lowest BCUT2D eigenvalue weighted by molar-refractivity contribution is -0.116. The Labute approximate surface area is 108 Å². The van der Waals surface area contributed by atoms with Crippen molar-refractivity contribution >= 4 is 12.0 Å². The monoisotopic (exact) mass is 244 g/mol. The zero-order chi connectivity index (χ0) is 13.4. The zero-order valence-electron chi connectivity index (χ0n) is 11.7. The van der Waals surface area contributed by atoms with Crippen molar-refractivity contribution in [2.24, 2.45) is 7.05 Å². The molecule has 0 fully saturated rings. The van der Waals surface area contributed by atoms with Crippen LogP contribution in [0.1, 0.15) is 37.1 Å². The predicted molar refractivity (Wildman–Crippen MR) is 74.0 cm³/mol. The molecule has 1 aliphatic rings. The van der Waals surface area contributed by atoms with Crippen molar-refractivity contribution in [3.8, 4) is 0 Å². The summed E-state index contributed by atoms with van der Waals surface area (Å²) < 4.78 is 2.10. The number of aryl methyl sites for hydroxylation is 2. The molecule has 1 N–H and O–H groups in total. The Kier molecular flexibility index (Phi) is 3.16. The number of hydrogen-bond acceptors (Lipinski definition) is 1. The molecular weight excluding hydrogens is 224 g/mol. The molecule has 0 bridgehead atoms. The molecule has 0 spiro atoms. The van der Waals surface area contributed by atoms with E-state index in [-0.39, 0.29) is 5.91 Å². The van der Waals surface area contributed by atoms with Crippen LogP contribution in [0.4, 0.5) is 0 Å². The van der Waals surface area contributed by atoms with Gasteiger partial charge in [0.1, 0.15) is 0 Å². The molecule has 0 atom stereocenters. The normalized spacial score (nSPS) is 17.8. The fourth-order valence-electron chi connectivity index (χ4n) is 2.48. The Hall–Kier alpha value is -1.77. The van der Waals surface area contributed by atoms with Gasteiger partial charge in [0.2, 0.25) is 0 Å². The summed E-state index contributed by atoms with van der Waals surface area (Å²) in [7, 11) is 2.03. The SMILES string of the molecule is CCC1=C(C)C(=O)N/C1=C\c1c(C)c(C)cn1C. The number of rotatable bonds is 2. The Bertz CT molecular complexity index is 574. The molecular formula is C15H20N2O. The van der Waals surface area contributed by atoms with Gasteiger partial charge in [-0.05, 0) is 50.0 Å². The van der Waals surface area contributed by atoms with Crippen molar-refractivity contribution in [1.29, 1.82) is 0 Å². The fraction of sp³-hybridized carbons (Fsp3) is 0.400. The van der Waals surface area contributed by atoms with E-state index in [1.54, 1.807) is 0 Å². The molecule has 1 aromatic rings. The van der Waals surface area contributed by atoms with Crippen LogP contribution < -0.4 is 5.32 Å². The highest BCUT2D eigenvalue weighted by Crippen LogP contribution is 2.26. The number of carbonyl (C=O) groups excluding carboxylic acids is 1. The third-order valence-corrected chi connectivity index (χ3v) is 3.74. The van der Waals surface area contributed by atoms with Gasteiger partial charge in [0.15, 0.2) is 0 Å². The van der Waals surface area contributed by atoms with E-state index in [2.05, 4.69) is 42.9 Å². The first kappa shape index (κ1) is 12.7. The van der Waals surface area contributed by atoms with Crippen LogP contribution in [0.2, 0.25) is 0 Å². The molecule has 1 amide bonds. The summed E-state index contributed by atoms with van der Waals surface area (Å²) in [6, 6.07) is 0. The summed E-state index contributed by atoms with van der Waals surface area (Å²) in [5.74, 6) is 0.0293. The summed E-state index contributed by atoms with van der Waals surface area (Å²) in [6.45, 7) is 8.18. The largest absolute Gasteiger partial charge is 0.350 e. The van der Waals surface area contributed by atoms with E-state index < -0.39 is 0 Å².